The largest absolute Gasteiger partial charge is 0.481 e. The molecule has 0 aliphatic heterocycles. The third-order valence-corrected chi connectivity index (χ3v) is 3.47. The molecule has 2 aromatic carbocycles. The summed E-state index contributed by atoms with van der Waals surface area (Å²) in [7, 11) is 0. The summed E-state index contributed by atoms with van der Waals surface area (Å²) < 4.78 is 5.63. The monoisotopic (exact) mass is 342 g/mol. The van der Waals surface area contributed by atoms with Gasteiger partial charge in [-0.25, -0.2) is 5.43 Å². The Labute approximate surface area is 146 Å². The van der Waals surface area contributed by atoms with Gasteiger partial charge in [-0.05, 0) is 49.2 Å². The molecule has 0 spiro atoms. The molecule has 0 aliphatic rings. The average Bonchev–Trinajstić information content (AvgIpc) is 2.57. The molecule has 0 radical (unpaired) electrons. The first-order valence-corrected chi connectivity index (χ1v) is 7.91. The molecule has 4 nitrogen and oxygen atoms in total. The lowest BCUT2D eigenvalue weighted by Gasteiger charge is -2.14. The number of halogens is 1. The van der Waals surface area contributed by atoms with Crippen molar-refractivity contribution in [1.29, 1.82) is 0 Å². The van der Waals surface area contributed by atoms with E-state index in [9.17, 15) is 4.79 Å². The van der Waals surface area contributed by atoms with Gasteiger partial charge in [-0.2, -0.15) is 5.10 Å². The standard InChI is InChI=1S/C19H19ClN2O2/c1-14-13-17(20)10-11-18(14)24-15(2)19(23)22-21-12-6-9-16-7-4-3-5-8-16/h3-13,15H,1-2H3,(H,22,23). The third kappa shape index (κ3) is 5.56. The molecule has 1 N–H and O–H groups in total. The molecule has 0 saturated carbocycles. The van der Waals surface area contributed by atoms with Crippen LogP contribution < -0.4 is 10.2 Å². The van der Waals surface area contributed by atoms with Crippen molar-refractivity contribution in [2.45, 2.75) is 20.0 Å². The zero-order valence-electron chi connectivity index (χ0n) is 13.6. The van der Waals surface area contributed by atoms with Gasteiger partial charge in [-0.15, -0.1) is 0 Å². The van der Waals surface area contributed by atoms with Gasteiger partial charge in [0.2, 0.25) is 0 Å². The summed E-state index contributed by atoms with van der Waals surface area (Å²) >= 11 is 5.90. The van der Waals surface area contributed by atoms with E-state index in [4.69, 9.17) is 16.3 Å². The summed E-state index contributed by atoms with van der Waals surface area (Å²) in [5.41, 5.74) is 4.38. The van der Waals surface area contributed by atoms with Gasteiger partial charge in [0.25, 0.3) is 5.91 Å². The fourth-order valence-corrected chi connectivity index (χ4v) is 2.17. The van der Waals surface area contributed by atoms with Gasteiger partial charge < -0.3 is 4.74 Å². The van der Waals surface area contributed by atoms with Gasteiger partial charge in [0.05, 0.1) is 0 Å². The Morgan fingerprint density at radius 2 is 2.00 bits per heavy atom. The Kier molecular flexibility index (Phi) is 6.58. The van der Waals surface area contributed by atoms with Crippen LogP contribution in [0.3, 0.4) is 0 Å². The molecule has 0 fully saturated rings. The predicted octanol–water partition coefficient (Wildman–Crippen LogP) is 4.23. The van der Waals surface area contributed by atoms with E-state index in [2.05, 4.69) is 10.5 Å². The number of rotatable bonds is 6. The summed E-state index contributed by atoms with van der Waals surface area (Å²) in [6, 6.07) is 15.1. The van der Waals surface area contributed by atoms with Crippen molar-refractivity contribution in [2.24, 2.45) is 5.10 Å². The van der Waals surface area contributed by atoms with E-state index in [-0.39, 0.29) is 5.91 Å². The highest BCUT2D eigenvalue weighted by molar-refractivity contribution is 6.30. The van der Waals surface area contributed by atoms with Crippen LogP contribution in [-0.2, 0) is 4.79 Å². The van der Waals surface area contributed by atoms with Crippen LogP contribution in [0.1, 0.15) is 18.1 Å². The summed E-state index contributed by atoms with van der Waals surface area (Å²) in [5, 5.41) is 4.50. The van der Waals surface area contributed by atoms with Crippen LogP contribution in [-0.4, -0.2) is 18.2 Å². The van der Waals surface area contributed by atoms with Gasteiger partial charge >= 0.3 is 0 Å². The average molecular weight is 343 g/mol. The zero-order chi connectivity index (χ0) is 17.4. The number of amides is 1. The minimum Gasteiger partial charge on any atom is -0.481 e. The number of nitrogens with zero attached hydrogens (tertiary/aromatic N) is 1. The Hall–Kier alpha value is -2.59. The smallest absolute Gasteiger partial charge is 0.280 e. The number of hydrogen-bond donors (Lipinski definition) is 1. The lowest BCUT2D eigenvalue weighted by Crippen LogP contribution is -2.33. The maximum Gasteiger partial charge on any atom is 0.280 e. The second-order valence-electron chi connectivity index (χ2n) is 5.19. The predicted molar refractivity (Wildman–Crippen MR) is 98.4 cm³/mol. The fourth-order valence-electron chi connectivity index (χ4n) is 1.94. The van der Waals surface area contributed by atoms with Crippen molar-refractivity contribution in [1.82, 2.24) is 5.43 Å². The second kappa shape index (κ2) is 8.89. The van der Waals surface area contributed by atoms with Crippen molar-refractivity contribution < 1.29 is 9.53 Å². The number of ether oxygens (including phenoxy) is 1. The van der Waals surface area contributed by atoms with Gasteiger partial charge in [-0.3, -0.25) is 4.79 Å². The molecule has 0 aromatic heterocycles. The molecule has 0 aliphatic carbocycles. The molecule has 0 saturated heterocycles. The number of nitrogens with one attached hydrogen (secondary N) is 1. The second-order valence-corrected chi connectivity index (χ2v) is 5.63. The minimum atomic E-state index is -0.667. The molecule has 2 aromatic rings. The highest BCUT2D eigenvalue weighted by atomic mass is 35.5. The minimum absolute atomic E-state index is 0.325. The van der Waals surface area contributed by atoms with Crippen LogP contribution in [0, 0.1) is 6.92 Å². The van der Waals surface area contributed by atoms with Crippen LogP contribution in [0.5, 0.6) is 5.75 Å². The van der Waals surface area contributed by atoms with Crippen molar-refractivity contribution >= 4 is 29.8 Å². The van der Waals surface area contributed by atoms with Gasteiger partial charge in [0.1, 0.15) is 5.75 Å². The van der Waals surface area contributed by atoms with Gasteiger partial charge in [0, 0.05) is 11.2 Å². The van der Waals surface area contributed by atoms with E-state index in [1.165, 1.54) is 6.21 Å². The van der Waals surface area contributed by atoms with E-state index in [1.807, 2.05) is 43.3 Å². The molecule has 124 valence electrons. The first kappa shape index (κ1) is 17.8. The first-order chi connectivity index (χ1) is 11.6. The lowest BCUT2D eigenvalue weighted by atomic mass is 10.2. The quantitative estimate of drug-likeness (QED) is 0.631. The van der Waals surface area contributed by atoms with Crippen LogP contribution >= 0.6 is 11.6 Å². The fraction of sp³-hybridized carbons (Fsp3) is 0.158. The molecule has 1 unspecified atom stereocenters. The number of carbonyl (C=O) groups excluding carboxylic acids is 1. The third-order valence-electron chi connectivity index (χ3n) is 3.23. The molecule has 24 heavy (non-hydrogen) atoms. The maximum atomic E-state index is 12.0. The summed E-state index contributed by atoms with van der Waals surface area (Å²) in [5.74, 6) is 0.295. The van der Waals surface area contributed by atoms with Crippen molar-refractivity contribution in [3.63, 3.8) is 0 Å². The van der Waals surface area contributed by atoms with Crippen molar-refractivity contribution in [3.8, 4) is 5.75 Å². The Morgan fingerprint density at radius 1 is 1.25 bits per heavy atom. The number of carbonyl (C=O) groups is 1. The topological polar surface area (TPSA) is 50.7 Å². The number of aryl methyl sites for hydroxylation is 1. The SMILES string of the molecule is Cc1cc(Cl)ccc1OC(C)C(=O)NN=CC=Cc1ccccc1. The molecule has 2 rings (SSSR count). The van der Waals surface area contributed by atoms with E-state index in [0.29, 0.717) is 10.8 Å². The van der Waals surface area contributed by atoms with Crippen LogP contribution in [0.25, 0.3) is 6.08 Å². The van der Waals surface area contributed by atoms with E-state index in [0.717, 1.165) is 11.1 Å². The van der Waals surface area contributed by atoms with Crippen LogP contribution in [0.4, 0.5) is 0 Å². The van der Waals surface area contributed by atoms with Crippen molar-refractivity contribution in [3.05, 3.63) is 70.8 Å². The van der Waals surface area contributed by atoms with E-state index >= 15 is 0 Å². The van der Waals surface area contributed by atoms with E-state index in [1.54, 1.807) is 31.2 Å². The molecule has 0 heterocycles. The van der Waals surface area contributed by atoms with Crippen LogP contribution in [0.2, 0.25) is 5.02 Å². The van der Waals surface area contributed by atoms with Crippen molar-refractivity contribution in [2.75, 3.05) is 0 Å². The number of benzene rings is 2. The normalized spacial score (nSPS) is 12.5. The zero-order valence-corrected chi connectivity index (χ0v) is 14.3. The highest BCUT2D eigenvalue weighted by Gasteiger charge is 2.14. The molecular formula is C19H19ClN2O2. The Balaban J connectivity index is 1.83. The Morgan fingerprint density at radius 3 is 2.71 bits per heavy atom. The number of hydrazone groups is 1. The molecule has 1 atom stereocenters. The molecular weight excluding hydrogens is 324 g/mol. The van der Waals surface area contributed by atoms with Gasteiger partial charge in [-0.1, -0.05) is 48.0 Å². The van der Waals surface area contributed by atoms with E-state index < -0.39 is 6.10 Å². The summed E-state index contributed by atoms with van der Waals surface area (Å²) in [6.45, 7) is 3.54. The van der Waals surface area contributed by atoms with Crippen LogP contribution in [0.15, 0.2) is 59.7 Å². The molecule has 1 amide bonds. The summed E-state index contributed by atoms with van der Waals surface area (Å²) in [4.78, 5) is 12.0. The Bertz CT molecular complexity index is 742. The number of hydrogen-bond acceptors (Lipinski definition) is 3. The van der Waals surface area contributed by atoms with Gasteiger partial charge in [0.15, 0.2) is 6.10 Å². The number of allylic oxidation sites excluding steroid dienone is 1. The summed E-state index contributed by atoms with van der Waals surface area (Å²) in [6.07, 6.45) is 4.50. The lowest BCUT2D eigenvalue weighted by molar-refractivity contribution is -0.127. The molecule has 5 heteroatoms. The first-order valence-electron chi connectivity index (χ1n) is 7.53. The maximum absolute atomic E-state index is 12.0. The highest BCUT2D eigenvalue weighted by Crippen LogP contribution is 2.22. The molecule has 0 bridgehead atoms.